The van der Waals surface area contributed by atoms with Crippen molar-refractivity contribution in [1.29, 1.82) is 0 Å². The SMILES string of the molecule is C#C.Fc1ccc(-c2ncon2)nc1.O=C(Cc1cccs1)N1CCCCC1. The second kappa shape index (κ2) is 11.6. The van der Waals surface area contributed by atoms with Crippen LogP contribution < -0.4 is 0 Å². The zero-order chi connectivity index (χ0) is 20.2. The zero-order valence-corrected chi connectivity index (χ0v) is 16.1. The third-order valence-corrected chi connectivity index (χ3v) is 4.81. The molecule has 1 aliphatic rings. The molecule has 0 bridgehead atoms. The first-order valence-corrected chi connectivity index (χ1v) is 9.62. The van der Waals surface area contributed by atoms with Gasteiger partial charge in [-0.15, -0.1) is 24.2 Å². The molecule has 6 nitrogen and oxygen atoms in total. The number of nitrogens with zero attached hydrogens (tertiary/aromatic N) is 4. The summed E-state index contributed by atoms with van der Waals surface area (Å²) < 4.78 is 16.9. The number of carbonyl (C=O) groups is 1. The topological polar surface area (TPSA) is 72.1 Å². The van der Waals surface area contributed by atoms with E-state index >= 15 is 0 Å². The van der Waals surface area contributed by atoms with Gasteiger partial charge in [-0.3, -0.25) is 4.79 Å². The molecule has 28 heavy (non-hydrogen) atoms. The number of halogens is 1. The average Bonchev–Trinajstić information content (AvgIpc) is 3.46. The molecule has 1 aliphatic heterocycles. The summed E-state index contributed by atoms with van der Waals surface area (Å²) in [5, 5.41) is 5.57. The van der Waals surface area contributed by atoms with Crippen molar-refractivity contribution < 1.29 is 13.7 Å². The van der Waals surface area contributed by atoms with Gasteiger partial charge in [-0.2, -0.15) is 4.98 Å². The van der Waals surface area contributed by atoms with Crippen LogP contribution in [0, 0.1) is 18.7 Å². The van der Waals surface area contributed by atoms with E-state index in [4.69, 9.17) is 0 Å². The molecule has 4 rings (SSSR count). The highest BCUT2D eigenvalue weighted by atomic mass is 32.1. The van der Waals surface area contributed by atoms with Crippen molar-refractivity contribution in [3.8, 4) is 24.4 Å². The van der Waals surface area contributed by atoms with E-state index in [1.54, 1.807) is 11.3 Å². The lowest BCUT2D eigenvalue weighted by atomic mass is 10.1. The quantitative estimate of drug-likeness (QED) is 0.625. The maximum Gasteiger partial charge on any atom is 0.227 e. The lowest BCUT2D eigenvalue weighted by Gasteiger charge is -2.26. The lowest BCUT2D eigenvalue weighted by Crippen LogP contribution is -2.36. The van der Waals surface area contributed by atoms with Gasteiger partial charge in [0.15, 0.2) is 0 Å². The Morgan fingerprint density at radius 1 is 1.18 bits per heavy atom. The average molecular weight is 400 g/mol. The van der Waals surface area contributed by atoms with Crippen LogP contribution >= 0.6 is 11.3 Å². The molecule has 0 N–H and O–H groups in total. The van der Waals surface area contributed by atoms with Crippen LogP contribution in [0.5, 0.6) is 0 Å². The first-order valence-electron chi connectivity index (χ1n) is 8.74. The number of aromatic nitrogens is 3. The Labute approximate surface area is 167 Å². The molecule has 1 fully saturated rings. The predicted octanol–water partition coefficient (Wildman–Crippen LogP) is 3.82. The summed E-state index contributed by atoms with van der Waals surface area (Å²) in [6, 6.07) is 6.81. The molecular formula is C20H21FN4O2S. The highest BCUT2D eigenvalue weighted by molar-refractivity contribution is 7.10. The van der Waals surface area contributed by atoms with Crippen LogP contribution in [-0.2, 0) is 11.2 Å². The van der Waals surface area contributed by atoms with Gasteiger partial charge in [0.25, 0.3) is 0 Å². The molecule has 1 amide bonds. The Kier molecular flexibility index (Phi) is 8.82. The summed E-state index contributed by atoms with van der Waals surface area (Å²) in [6.45, 7) is 1.93. The summed E-state index contributed by atoms with van der Waals surface area (Å²) in [6.07, 6.45) is 14.5. The summed E-state index contributed by atoms with van der Waals surface area (Å²) in [5.41, 5.74) is 0.491. The summed E-state index contributed by atoms with van der Waals surface area (Å²) in [7, 11) is 0. The predicted molar refractivity (Wildman–Crippen MR) is 106 cm³/mol. The Morgan fingerprint density at radius 3 is 2.54 bits per heavy atom. The number of piperidine rings is 1. The fourth-order valence-corrected chi connectivity index (χ4v) is 3.30. The molecule has 0 spiro atoms. The van der Waals surface area contributed by atoms with Gasteiger partial charge in [0.05, 0.1) is 12.6 Å². The zero-order valence-electron chi connectivity index (χ0n) is 15.3. The van der Waals surface area contributed by atoms with E-state index in [0.29, 0.717) is 23.8 Å². The van der Waals surface area contributed by atoms with E-state index in [1.165, 1.54) is 42.7 Å². The summed E-state index contributed by atoms with van der Waals surface area (Å²) in [5.74, 6) is 0.268. The molecule has 3 aromatic rings. The van der Waals surface area contributed by atoms with E-state index in [0.717, 1.165) is 19.3 Å². The van der Waals surface area contributed by atoms with Crippen LogP contribution in [-0.4, -0.2) is 39.0 Å². The summed E-state index contributed by atoms with van der Waals surface area (Å²) >= 11 is 1.67. The van der Waals surface area contributed by atoms with Crippen molar-refractivity contribution in [2.45, 2.75) is 25.7 Å². The van der Waals surface area contributed by atoms with Crippen molar-refractivity contribution in [1.82, 2.24) is 20.0 Å². The fraction of sp³-hybridized carbons (Fsp3) is 0.300. The van der Waals surface area contributed by atoms with Crippen molar-refractivity contribution in [2.75, 3.05) is 13.1 Å². The number of carbonyl (C=O) groups excluding carboxylic acids is 1. The number of rotatable bonds is 3. The van der Waals surface area contributed by atoms with E-state index in [1.807, 2.05) is 22.4 Å². The second-order valence-electron chi connectivity index (χ2n) is 5.81. The standard InChI is InChI=1S/C11H15NOS.C7H4FN3O.C2H2/c13-11(9-10-5-4-8-14-10)12-6-2-1-3-7-12;8-5-1-2-6(9-3-5)7-10-4-12-11-7;1-2/h4-5,8H,1-3,6-7,9H2;1-4H;1-2H. The maximum absolute atomic E-state index is 12.4. The molecule has 8 heteroatoms. The molecule has 0 aromatic carbocycles. The minimum atomic E-state index is -0.387. The van der Waals surface area contributed by atoms with Crippen LogP contribution in [0.15, 0.2) is 46.8 Å². The third kappa shape index (κ3) is 6.59. The molecule has 0 aliphatic carbocycles. The number of pyridine rings is 1. The van der Waals surface area contributed by atoms with Gasteiger partial charge in [0.1, 0.15) is 11.5 Å². The molecule has 0 atom stereocenters. The van der Waals surface area contributed by atoms with Crippen LogP contribution in [0.2, 0.25) is 0 Å². The molecule has 3 aromatic heterocycles. The number of hydrogen-bond acceptors (Lipinski definition) is 6. The normalized spacial score (nSPS) is 12.9. The highest BCUT2D eigenvalue weighted by Gasteiger charge is 2.16. The summed E-state index contributed by atoms with van der Waals surface area (Å²) in [4.78, 5) is 22.5. The minimum Gasteiger partial charge on any atom is -0.342 e. The van der Waals surface area contributed by atoms with E-state index < -0.39 is 0 Å². The fourth-order valence-electron chi connectivity index (χ4n) is 2.61. The number of thiophene rings is 1. The maximum atomic E-state index is 12.4. The number of terminal acetylenes is 1. The van der Waals surface area contributed by atoms with Gasteiger partial charge in [-0.25, -0.2) is 9.37 Å². The molecule has 0 saturated carbocycles. The van der Waals surface area contributed by atoms with Gasteiger partial charge in [0, 0.05) is 18.0 Å². The van der Waals surface area contributed by atoms with Crippen LogP contribution in [0.25, 0.3) is 11.5 Å². The molecule has 0 unspecified atom stereocenters. The smallest absolute Gasteiger partial charge is 0.227 e. The Hall–Kier alpha value is -3.05. The van der Waals surface area contributed by atoms with Gasteiger partial charge in [-0.1, -0.05) is 11.2 Å². The Bertz CT molecular complexity index is 827. The van der Waals surface area contributed by atoms with Crippen LogP contribution in [0.3, 0.4) is 0 Å². The second-order valence-corrected chi connectivity index (χ2v) is 6.85. The van der Waals surface area contributed by atoms with Gasteiger partial charge in [-0.05, 0) is 42.8 Å². The molecule has 1 saturated heterocycles. The van der Waals surface area contributed by atoms with Crippen molar-refractivity contribution in [3.63, 3.8) is 0 Å². The Balaban J connectivity index is 0.000000186. The van der Waals surface area contributed by atoms with Crippen LogP contribution in [0.1, 0.15) is 24.1 Å². The largest absolute Gasteiger partial charge is 0.342 e. The van der Waals surface area contributed by atoms with Crippen molar-refractivity contribution >= 4 is 17.2 Å². The first-order chi connectivity index (χ1) is 13.7. The molecular weight excluding hydrogens is 379 g/mol. The molecule has 146 valence electrons. The highest BCUT2D eigenvalue weighted by Crippen LogP contribution is 2.14. The number of hydrogen-bond donors (Lipinski definition) is 0. The monoisotopic (exact) mass is 400 g/mol. The van der Waals surface area contributed by atoms with Gasteiger partial charge < -0.3 is 9.42 Å². The van der Waals surface area contributed by atoms with Gasteiger partial charge >= 0.3 is 0 Å². The van der Waals surface area contributed by atoms with Crippen molar-refractivity contribution in [3.05, 3.63) is 52.9 Å². The number of amides is 1. The minimum absolute atomic E-state index is 0.298. The van der Waals surface area contributed by atoms with Crippen LogP contribution in [0.4, 0.5) is 4.39 Å². The van der Waals surface area contributed by atoms with Gasteiger partial charge in [0.2, 0.25) is 18.1 Å². The molecule has 0 radical (unpaired) electrons. The van der Waals surface area contributed by atoms with E-state index in [2.05, 4.69) is 32.5 Å². The van der Waals surface area contributed by atoms with Crippen molar-refractivity contribution in [2.24, 2.45) is 0 Å². The van der Waals surface area contributed by atoms with E-state index in [-0.39, 0.29) is 5.82 Å². The first kappa shape index (κ1) is 21.3. The Morgan fingerprint density at radius 2 is 1.96 bits per heavy atom. The number of likely N-dealkylation sites (tertiary alicyclic amines) is 1. The molecule has 4 heterocycles. The van der Waals surface area contributed by atoms with E-state index in [9.17, 15) is 9.18 Å². The lowest BCUT2D eigenvalue weighted by molar-refractivity contribution is -0.131. The third-order valence-electron chi connectivity index (χ3n) is 3.93.